The van der Waals surface area contributed by atoms with Gasteiger partial charge in [0.25, 0.3) is 0 Å². The molecule has 0 N–H and O–H groups in total. The van der Waals surface area contributed by atoms with Crippen LogP contribution in [0, 0.1) is 0 Å². The highest BCUT2D eigenvalue weighted by Crippen LogP contribution is 2.35. The first-order chi connectivity index (χ1) is 9.93. The summed E-state index contributed by atoms with van der Waals surface area (Å²) in [6.07, 6.45) is 1.58. The van der Waals surface area contributed by atoms with Crippen LogP contribution < -0.4 is 4.74 Å². The average Bonchev–Trinajstić information content (AvgIpc) is 2.42. The number of esters is 2. The van der Waals surface area contributed by atoms with Gasteiger partial charge >= 0.3 is 11.9 Å². The van der Waals surface area contributed by atoms with Crippen molar-refractivity contribution in [1.82, 2.24) is 0 Å². The molecule has 0 bridgehead atoms. The van der Waals surface area contributed by atoms with Crippen LogP contribution >= 0.6 is 34.8 Å². The molecule has 0 aliphatic carbocycles. The van der Waals surface area contributed by atoms with Crippen molar-refractivity contribution in [3.05, 3.63) is 27.2 Å². The molecule has 7 heteroatoms. The third kappa shape index (κ3) is 6.55. The van der Waals surface area contributed by atoms with Crippen molar-refractivity contribution in [2.45, 2.75) is 32.6 Å². The first-order valence-corrected chi connectivity index (χ1v) is 7.58. The van der Waals surface area contributed by atoms with Gasteiger partial charge in [-0.25, -0.2) is 0 Å². The van der Waals surface area contributed by atoms with E-state index in [1.165, 1.54) is 12.1 Å². The van der Waals surface area contributed by atoms with Gasteiger partial charge in [-0.15, -0.1) is 0 Å². The van der Waals surface area contributed by atoms with Crippen molar-refractivity contribution >= 4 is 46.7 Å². The molecule has 0 heterocycles. The molecular formula is C14H15Cl3O4. The van der Waals surface area contributed by atoms with Crippen molar-refractivity contribution in [1.29, 1.82) is 0 Å². The number of unbranched alkanes of at least 4 members (excludes halogenated alkanes) is 1. The van der Waals surface area contributed by atoms with Gasteiger partial charge in [-0.3, -0.25) is 9.59 Å². The lowest BCUT2D eigenvalue weighted by Gasteiger charge is -2.08. The predicted molar refractivity (Wildman–Crippen MR) is 82.2 cm³/mol. The third-order valence-corrected chi connectivity index (χ3v) is 3.48. The van der Waals surface area contributed by atoms with Crippen LogP contribution in [-0.4, -0.2) is 18.5 Å². The molecule has 1 rings (SSSR count). The van der Waals surface area contributed by atoms with E-state index in [0.717, 1.165) is 12.8 Å². The van der Waals surface area contributed by atoms with Gasteiger partial charge in [-0.05, 0) is 12.5 Å². The second-order valence-corrected chi connectivity index (χ2v) is 5.47. The number of carbonyl (C=O) groups excluding carboxylic acids is 2. The Balaban J connectivity index is 2.46. The second-order valence-electron chi connectivity index (χ2n) is 4.25. The molecule has 0 aliphatic rings. The fourth-order valence-corrected chi connectivity index (χ4v) is 2.01. The van der Waals surface area contributed by atoms with E-state index in [-0.39, 0.29) is 28.6 Å². The number of hydrogen-bond acceptors (Lipinski definition) is 4. The minimum absolute atomic E-state index is 0.0472. The average molecular weight is 354 g/mol. The summed E-state index contributed by atoms with van der Waals surface area (Å²) in [6, 6.07) is 2.82. The van der Waals surface area contributed by atoms with Crippen molar-refractivity contribution < 1.29 is 19.1 Å². The zero-order valence-electron chi connectivity index (χ0n) is 11.5. The quantitative estimate of drug-likeness (QED) is 0.309. The molecule has 0 amide bonds. The van der Waals surface area contributed by atoms with Gasteiger partial charge in [-0.1, -0.05) is 48.1 Å². The lowest BCUT2D eigenvalue weighted by Crippen LogP contribution is -2.13. The van der Waals surface area contributed by atoms with E-state index in [4.69, 9.17) is 44.3 Å². The SMILES string of the molecule is CCCCOC(=O)CCC(=O)Oc1cc(Cl)cc(Cl)c1Cl. The molecule has 21 heavy (non-hydrogen) atoms. The van der Waals surface area contributed by atoms with Crippen LogP contribution in [0.5, 0.6) is 5.75 Å². The molecule has 0 fully saturated rings. The van der Waals surface area contributed by atoms with Gasteiger partial charge in [0.15, 0.2) is 5.75 Å². The summed E-state index contributed by atoms with van der Waals surface area (Å²) in [5, 5.41) is 0.581. The maximum absolute atomic E-state index is 11.6. The standard InChI is InChI=1S/C14H15Cl3O4/c1-2-3-6-20-12(18)4-5-13(19)21-11-8-9(15)7-10(16)14(11)17/h7-8H,2-6H2,1H3. The van der Waals surface area contributed by atoms with E-state index < -0.39 is 11.9 Å². The fraction of sp³-hybridized carbons (Fsp3) is 0.429. The van der Waals surface area contributed by atoms with Gasteiger partial charge in [0.1, 0.15) is 5.02 Å². The van der Waals surface area contributed by atoms with E-state index in [1.54, 1.807) is 0 Å². The maximum Gasteiger partial charge on any atom is 0.311 e. The largest absolute Gasteiger partial charge is 0.466 e. The van der Waals surface area contributed by atoms with E-state index in [2.05, 4.69) is 0 Å². The number of carbonyl (C=O) groups is 2. The molecule has 0 radical (unpaired) electrons. The number of ether oxygens (including phenoxy) is 2. The Morgan fingerprint density at radius 1 is 1.10 bits per heavy atom. The summed E-state index contributed by atoms with van der Waals surface area (Å²) < 4.78 is 9.97. The van der Waals surface area contributed by atoms with Gasteiger partial charge in [0, 0.05) is 11.1 Å². The molecule has 0 aliphatic heterocycles. The van der Waals surface area contributed by atoms with Crippen LogP contribution in [0.15, 0.2) is 12.1 Å². The molecule has 1 aromatic carbocycles. The first kappa shape index (κ1) is 18.1. The highest BCUT2D eigenvalue weighted by Gasteiger charge is 2.14. The van der Waals surface area contributed by atoms with Crippen molar-refractivity contribution in [3.8, 4) is 5.75 Å². The lowest BCUT2D eigenvalue weighted by molar-refractivity contribution is -0.147. The van der Waals surface area contributed by atoms with Crippen LogP contribution in [0.2, 0.25) is 15.1 Å². The predicted octanol–water partition coefficient (Wildman–Crippen LogP) is 4.68. The van der Waals surface area contributed by atoms with Crippen LogP contribution in [0.4, 0.5) is 0 Å². The van der Waals surface area contributed by atoms with E-state index in [1.807, 2.05) is 6.92 Å². The van der Waals surface area contributed by atoms with E-state index in [0.29, 0.717) is 11.6 Å². The first-order valence-electron chi connectivity index (χ1n) is 6.45. The van der Waals surface area contributed by atoms with Crippen molar-refractivity contribution in [3.63, 3.8) is 0 Å². The van der Waals surface area contributed by atoms with Crippen molar-refractivity contribution in [2.75, 3.05) is 6.61 Å². The third-order valence-electron chi connectivity index (χ3n) is 2.48. The lowest BCUT2D eigenvalue weighted by atomic mass is 10.3. The highest BCUT2D eigenvalue weighted by atomic mass is 35.5. The summed E-state index contributed by atoms with van der Waals surface area (Å²) >= 11 is 17.5. The van der Waals surface area contributed by atoms with Gasteiger partial charge in [-0.2, -0.15) is 0 Å². The Hall–Kier alpha value is -0.970. The summed E-state index contributed by atoms with van der Waals surface area (Å²) in [5.41, 5.74) is 0. The van der Waals surface area contributed by atoms with Gasteiger partial charge in [0.2, 0.25) is 0 Å². The number of halogens is 3. The monoisotopic (exact) mass is 352 g/mol. The molecule has 0 aromatic heterocycles. The normalized spacial score (nSPS) is 10.3. The van der Waals surface area contributed by atoms with Crippen molar-refractivity contribution in [2.24, 2.45) is 0 Å². The molecule has 1 aromatic rings. The Bertz CT molecular complexity index is 517. The van der Waals surface area contributed by atoms with Gasteiger partial charge in [0.05, 0.1) is 24.5 Å². The molecule has 0 atom stereocenters. The molecule has 0 saturated carbocycles. The summed E-state index contributed by atoms with van der Waals surface area (Å²) in [6.45, 7) is 2.35. The number of hydrogen-bond donors (Lipinski definition) is 0. The summed E-state index contributed by atoms with van der Waals surface area (Å²) in [7, 11) is 0. The minimum Gasteiger partial charge on any atom is -0.466 e. The molecule has 0 spiro atoms. The highest BCUT2D eigenvalue weighted by molar-refractivity contribution is 6.44. The minimum atomic E-state index is -0.609. The maximum atomic E-state index is 11.6. The molecule has 116 valence electrons. The summed E-state index contributed by atoms with van der Waals surface area (Å²) in [5.74, 6) is -0.975. The van der Waals surface area contributed by atoms with Crippen LogP contribution in [0.3, 0.4) is 0 Å². The van der Waals surface area contributed by atoms with Crippen LogP contribution in [0.1, 0.15) is 32.6 Å². The molecule has 0 unspecified atom stereocenters. The summed E-state index contributed by atoms with van der Waals surface area (Å²) in [4.78, 5) is 23.0. The topological polar surface area (TPSA) is 52.6 Å². The van der Waals surface area contributed by atoms with Crippen LogP contribution in [-0.2, 0) is 14.3 Å². The zero-order chi connectivity index (χ0) is 15.8. The number of benzene rings is 1. The van der Waals surface area contributed by atoms with Gasteiger partial charge < -0.3 is 9.47 Å². The Kier molecular flexibility index (Phi) is 7.86. The number of rotatable bonds is 7. The second kappa shape index (κ2) is 9.13. The van der Waals surface area contributed by atoms with E-state index >= 15 is 0 Å². The smallest absolute Gasteiger partial charge is 0.311 e. The Morgan fingerprint density at radius 3 is 2.43 bits per heavy atom. The Labute approximate surface area is 138 Å². The molecular weight excluding hydrogens is 339 g/mol. The van der Waals surface area contributed by atoms with E-state index in [9.17, 15) is 9.59 Å². The molecule has 0 saturated heterocycles. The van der Waals surface area contributed by atoms with Crippen LogP contribution in [0.25, 0.3) is 0 Å². The fourth-order valence-electron chi connectivity index (χ4n) is 1.39. The molecule has 4 nitrogen and oxygen atoms in total. The Morgan fingerprint density at radius 2 is 1.76 bits per heavy atom. The zero-order valence-corrected chi connectivity index (χ0v) is 13.7.